The highest BCUT2D eigenvalue weighted by atomic mass is 35.5. The SMILES string of the molecule is C=CC(=O)OCCCCOC(=O)c1ccc(OC(=O)CCc2ccc(-c3ccc4c(Cl)c(OC(=O)c5ccc(OCCCOCC6(CC)COC6)c(Cl)c5)ccc4c3)c(/C=N/N(C(=O)C=C)c3nc4ccccc4s3)c2)cc1. The van der Waals surface area contributed by atoms with Crippen LogP contribution in [-0.4, -0.2) is 87.2 Å². The summed E-state index contributed by atoms with van der Waals surface area (Å²) in [6.07, 6.45) is 6.80. The summed E-state index contributed by atoms with van der Waals surface area (Å²) in [6.45, 7) is 12.6. The van der Waals surface area contributed by atoms with Gasteiger partial charge in [0.15, 0.2) is 0 Å². The van der Waals surface area contributed by atoms with Gasteiger partial charge in [0.05, 0.1) is 77.2 Å². The first kappa shape index (κ1) is 56.5. The molecule has 1 saturated heterocycles. The fraction of sp³-hybridized carbons (Fsp3) is 0.250. The Balaban J connectivity index is 0.941. The highest BCUT2D eigenvalue weighted by Crippen LogP contribution is 2.38. The molecule has 0 unspecified atom stereocenters. The molecule has 1 aliphatic rings. The molecule has 78 heavy (non-hydrogen) atoms. The number of thiazole rings is 1. The third kappa shape index (κ3) is 14.6. The number of amides is 1. The van der Waals surface area contributed by atoms with Crippen LogP contribution >= 0.6 is 34.5 Å². The Morgan fingerprint density at radius 1 is 0.782 bits per heavy atom. The predicted molar refractivity (Wildman–Crippen MR) is 301 cm³/mol. The second kappa shape index (κ2) is 27.0. The molecular weight excluding hydrogens is 1060 g/mol. The van der Waals surface area contributed by atoms with Crippen LogP contribution in [-0.2, 0) is 39.8 Å². The number of hydrazone groups is 1. The van der Waals surface area contributed by atoms with Crippen molar-refractivity contribution in [3.63, 3.8) is 0 Å². The van der Waals surface area contributed by atoms with Crippen molar-refractivity contribution < 1.29 is 57.1 Å². The van der Waals surface area contributed by atoms with Gasteiger partial charge >= 0.3 is 23.9 Å². The Kier molecular flexibility index (Phi) is 19.6. The maximum absolute atomic E-state index is 13.4. The molecule has 7 aromatic rings. The predicted octanol–water partition coefficient (Wildman–Crippen LogP) is 12.6. The van der Waals surface area contributed by atoms with Crippen molar-refractivity contribution in [2.45, 2.75) is 45.4 Å². The molecule has 8 rings (SSSR count). The second-order valence-corrected chi connectivity index (χ2v) is 19.9. The summed E-state index contributed by atoms with van der Waals surface area (Å²) in [7, 11) is 0. The minimum Gasteiger partial charge on any atom is -0.492 e. The molecule has 0 bridgehead atoms. The number of anilines is 1. The quantitative estimate of drug-likeness (QED) is 0.0125. The van der Waals surface area contributed by atoms with E-state index in [1.165, 1.54) is 46.7 Å². The first-order chi connectivity index (χ1) is 37.8. The summed E-state index contributed by atoms with van der Waals surface area (Å²) in [4.78, 5) is 68.2. The molecular formula is C60H55Cl2N3O12S. The van der Waals surface area contributed by atoms with Gasteiger partial charge in [0.2, 0.25) is 5.13 Å². The van der Waals surface area contributed by atoms with Crippen molar-refractivity contribution in [3.05, 3.63) is 173 Å². The van der Waals surface area contributed by atoms with E-state index < -0.39 is 29.8 Å². The number of benzene rings is 6. The molecule has 1 amide bonds. The van der Waals surface area contributed by atoms with E-state index >= 15 is 0 Å². The third-order valence-electron chi connectivity index (χ3n) is 12.7. The van der Waals surface area contributed by atoms with E-state index in [2.05, 4.69) is 30.2 Å². The Morgan fingerprint density at radius 2 is 1.55 bits per heavy atom. The van der Waals surface area contributed by atoms with Crippen LogP contribution in [0, 0.1) is 5.41 Å². The standard InChI is InChI=1S/C60H55Cl2N3O12S/c1-4-53(66)65(59-64-49-12-7-8-13-52(49)78-59)63-35-44-32-39(15-27-55(68)76-45-21-16-40(17-22-45)57(69)75-30-10-9-29-74-54(67)5-2)14-23-46(44)41-18-24-47-42(33-41)19-26-51(56(47)62)77-58(70)43-20-25-50(48(61)34-43)73-31-11-28-71-36-60(6-3)37-72-38-60/h4-5,7-8,12-14,16-26,32-35H,1-2,6,9-11,15,27-31,36-38H2,3H3/b63-35+. The Hall–Kier alpha value is -7.73. The molecule has 0 spiro atoms. The van der Waals surface area contributed by atoms with Gasteiger partial charge in [-0.05, 0) is 127 Å². The number of fused-ring (bicyclic) bond motifs is 2. The van der Waals surface area contributed by atoms with E-state index in [9.17, 15) is 24.0 Å². The van der Waals surface area contributed by atoms with E-state index in [4.69, 9.17) is 56.4 Å². The number of aromatic nitrogens is 1. The van der Waals surface area contributed by atoms with Crippen molar-refractivity contribution in [2.75, 3.05) is 51.3 Å². The summed E-state index contributed by atoms with van der Waals surface area (Å²) < 4.78 is 39.6. The van der Waals surface area contributed by atoms with Crippen molar-refractivity contribution in [2.24, 2.45) is 10.5 Å². The zero-order valence-electron chi connectivity index (χ0n) is 42.7. The van der Waals surface area contributed by atoms with Crippen LogP contribution in [0.2, 0.25) is 10.0 Å². The van der Waals surface area contributed by atoms with Gasteiger partial charge in [-0.15, -0.1) is 0 Å². The number of nitrogens with zero attached hydrogens (tertiary/aromatic N) is 3. The van der Waals surface area contributed by atoms with E-state index in [1.807, 2.05) is 60.7 Å². The number of esters is 4. The van der Waals surface area contributed by atoms with Gasteiger partial charge in [0.25, 0.3) is 5.91 Å². The van der Waals surface area contributed by atoms with Crippen LogP contribution in [0.5, 0.6) is 17.2 Å². The average molecular weight is 1110 g/mol. The van der Waals surface area contributed by atoms with Crippen LogP contribution in [0.4, 0.5) is 5.13 Å². The van der Waals surface area contributed by atoms with Gasteiger partial charge in [-0.2, -0.15) is 10.1 Å². The topological polar surface area (TPSA) is 178 Å². The number of carbonyl (C=O) groups excluding carboxylic acids is 5. The largest absolute Gasteiger partial charge is 0.492 e. The van der Waals surface area contributed by atoms with Crippen molar-refractivity contribution >= 4 is 96.7 Å². The van der Waals surface area contributed by atoms with Gasteiger partial charge in [-0.1, -0.05) is 97.1 Å². The third-order valence-corrected chi connectivity index (χ3v) is 14.4. The number of rotatable bonds is 26. The highest BCUT2D eigenvalue weighted by Gasteiger charge is 2.37. The number of unbranched alkanes of at least 4 members (excludes halogenated alkanes) is 1. The maximum Gasteiger partial charge on any atom is 0.343 e. The molecule has 1 fully saturated rings. The molecule has 2 heterocycles. The van der Waals surface area contributed by atoms with Gasteiger partial charge < -0.3 is 33.2 Å². The lowest BCUT2D eigenvalue weighted by Crippen LogP contribution is -2.45. The Bertz CT molecular complexity index is 3340. The van der Waals surface area contributed by atoms with Crippen LogP contribution < -0.4 is 19.2 Å². The number of hydrogen-bond acceptors (Lipinski definition) is 15. The van der Waals surface area contributed by atoms with Gasteiger partial charge in [-0.3, -0.25) is 9.59 Å². The number of aryl methyl sites for hydroxylation is 1. The molecule has 402 valence electrons. The van der Waals surface area contributed by atoms with E-state index in [-0.39, 0.29) is 64.1 Å². The summed E-state index contributed by atoms with van der Waals surface area (Å²) >= 11 is 14.8. The molecule has 0 atom stereocenters. The maximum atomic E-state index is 13.4. The number of carbonyl (C=O) groups is 5. The van der Waals surface area contributed by atoms with Crippen LogP contribution in [0.15, 0.2) is 146 Å². The normalized spacial score (nSPS) is 12.7. The second-order valence-electron chi connectivity index (χ2n) is 18.1. The summed E-state index contributed by atoms with van der Waals surface area (Å²) in [6, 6.07) is 33.0. The highest BCUT2D eigenvalue weighted by molar-refractivity contribution is 7.22. The molecule has 0 aliphatic carbocycles. The molecule has 0 N–H and O–H groups in total. The van der Waals surface area contributed by atoms with Crippen LogP contribution in [0.1, 0.15) is 70.9 Å². The molecule has 1 aromatic heterocycles. The minimum absolute atomic E-state index is 0.00981. The molecule has 18 heteroatoms. The summed E-state index contributed by atoms with van der Waals surface area (Å²) in [5.74, 6) is -1.86. The lowest BCUT2D eigenvalue weighted by Gasteiger charge is -2.40. The molecule has 0 saturated carbocycles. The first-order valence-electron chi connectivity index (χ1n) is 25.1. The Labute approximate surface area is 464 Å². The lowest BCUT2D eigenvalue weighted by atomic mass is 9.84. The van der Waals surface area contributed by atoms with Gasteiger partial charge in [0.1, 0.15) is 17.2 Å². The van der Waals surface area contributed by atoms with Gasteiger partial charge in [0, 0.05) is 41.9 Å². The lowest BCUT2D eigenvalue weighted by molar-refractivity contribution is -0.150. The molecule has 15 nitrogen and oxygen atoms in total. The van der Waals surface area contributed by atoms with Crippen molar-refractivity contribution in [3.8, 4) is 28.4 Å². The number of halogens is 2. The van der Waals surface area contributed by atoms with E-state index in [1.54, 1.807) is 30.5 Å². The minimum atomic E-state index is -0.656. The van der Waals surface area contributed by atoms with Crippen molar-refractivity contribution in [1.82, 2.24) is 4.98 Å². The number of para-hydroxylation sites is 1. The fourth-order valence-corrected chi connectivity index (χ4v) is 9.54. The number of ether oxygens (including phenoxy) is 7. The van der Waals surface area contributed by atoms with Gasteiger partial charge in [-0.25, -0.2) is 19.4 Å². The molecule has 6 aromatic carbocycles. The zero-order chi connectivity index (χ0) is 55.0. The van der Waals surface area contributed by atoms with Crippen LogP contribution in [0.25, 0.3) is 32.1 Å². The Morgan fingerprint density at radius 3 is 2.28 bits per heavy atom. The number of hydrogen-bond donors (Lipinski definition) is 0. The monoisotopic (exact) mass is 1110 g/mol. The first-order valence-corrected chi connectivity index (χ1v) is 26.7. The molecule has 0 radical (unpaired) electrons. The molecule has 1 aliphatic heterocycles. The van der Waals surface area contributed by atoms with Crippen LogP contribution in [0.3, 0.4) is 0 Å². The average Bonchev–Trinajstić information content (AvgIpc) is 3.88. The summed E-state index contributed by atoms with van der Waals surface area (Å²) in [5, 5.41) is 8.04. The van der Waals surface area contributed by atoms with E-state index in [0.717, 1.165) is 58.6 Å². The van der Waals surface area contributed by atoms with E-state index in [0.29, 0.717) is 66.4 Å². The fourth-order valence-electron chi connectivity index (χ4n) is 8.10. The smallest absolute Gasteiger partial charge is 0.343 e. The summed E-state index contributed by atoms with van der Waals surface area (Å²) in [5.41, 5.74) is 4.22. The van der Waals surface area contributed by atoms with Crippen molar-refractivity contribution in [1.29, 1.82) is 0 Å². The zero-order valence-corrected chi connectivity index (χ0v) is 45.0.